The number of nitrogens with zero attached hydrogens (tertiary/aromatic N) is 2. The van der Waals surface area contributed by atoms with Crippen LogP contribution in [-0.4, -0.2) is 26.8 Å². The van der Waals surface area contributed by atoms with Crippen LogP contribution >= 0.6 is 11.8 Å². The minimum atomic E-state index is -0.790. The average molecular weight is 212 g/mol. The van der Waals surface area contributed by atoms with Gasteiger partial charge in [0.1, 0.15) is 0 Å². The Morgan fingerprint density at radius 1 is 1.43 bits per heavy atom. The van der Waals surface area contributed by atoms with Gasteiger partial charge in [0.2, 0.25) is 0 Å². The fourth-order valence-electron chi connectivity index (χ4n) is 0.988. The first-order valence-electron chi connectivity index (χ1n) is 4.25. The van der Waals surface area contributed by atoms with Crippen LogP contribution in [0.15, 0.2) is 11.2 Å². The minimum Gasteiger partial charge on any atom is -0.481 e. The molecule has 0 spiro atoms. The van der Waals surface area contributed by atoms with E-state index in [0.717, 1.165) is 11.4 Å². The second-order valence-corrected chi connectivity index (χ2v) is 3.99. The first kappa shape index (κ1) is 11.0. The van der Waals surface area contributed by atoms with Crippen LogP contribution in [0.3, 0.4) is 0 Å². The molecule has 0 aliphatic heterocycles. The van der Waals surface area contributed by atoms with Crippen molar-refractivity contribution in [2.75, 3.05) is 5.75 Å². The van der Waals surface area contributed by atoms with Gasteiger partial charge in [-0.1, -0.05) is 11.8 Å². The molecule has 76 valence electrons. The molecule has 14 heavy (non-hydrogen) atoms. The topological polar surface area (TPSA) is 63.1 Å². The molecule has 0 bridgehead atoms. The monoisotopic (exact) mass is 212 g/mol. The summed E-state index contributed by atoms with van der Waals surface area (Å²) in [7, 11) is 0. The van der Waals surface area contributed by atoms with E-state index in [1.807, 2.05) is 19.9 Å². The lowest BCUT2D eigenvalue weighted by Crippen LogP contribution is -1.98. The Labute approximate surface area is 86.8 Å². The number of hydrogen-bond acceptors (Lipinski definition) is 4. The number of carboxylic acids is 1. The maximum atomic E-state index is 10.3. The highest BCUT2D eigenvalue weighted by molar-refractivity contribution is 7.99. The number of carbonyl (C=O) groups is 1. The van der Waals surface area contributed by atoms with Crippen LogP contribution in [0, 0.1) is 13.8 Å². The van der Waals surface area contributed by atoms with Gasteiger partial charge in [0, 0.05) is 17.1 Å². The first-order chi connectivity index (χ1) is 6.58. The summed E-state index contributed by atoms with van der Waals surface area (Å²) in [5, 5.41) is 9.10. The van der Waals surface area contributed by atoms with E-state index in [1.165, 1.54) is 11.8 Å². The van der Waals surface area contributed by atoms with Crippen LogP contribution in [0.5, 0.6) is 0 Å². The van der Waals surface area contributed by atoms with Crippen molar-refractivity contribution in [2.45, 2.75) is 25.4 Å². The van der Waals surface area contributed by atoms with Gasteiger partial charge in [-0.15, -0.1) is 0 Å². The molecule has 1 N–H and O–H groups in total. The second kappa shape index (κ2) is 4.95. The maximum Gasteiger partial charge on any atom is 0.304 e. The number of hydrogen-bond donors (Lipinski definition) is 1. The van der Waals surface area contributed by atoms with Crippen LogP contribution in [-0.2, 0) is 4.79 Å². The fraction of sp³-hybridized carbons (Fsp3) is 0.444. The van der Waals surface area contributed by atoms with Crippen molar-refractivity contribution < 1.29 is 9.90 Å². The van der Waals surface area contributed by atoms with Gasteiger partial charge >= 0.3 is 5.97 Å². The van der Waals surface area contributed by atoms with E-state index in [9.17, 15) is 4.79 Å². The second-order valence-electron chi connectivity index (χ2n) is 2.93. The summed E-state index contributed by atoms with van der Waals surface area (Å²) >= 11 is 1.37. The minimum absolute atomic E-state index is 0.140. The lowest BCUT2D eigenvalue weighted by Gasteiger charge is -2.01. The molecule has 5 heteroatoms. The van der Waals surface area contributed by atoms with E-state index in [0.29, 0.717) is 10.9 Å². The molecule has 0 saturated carbocycles. The standard InChI is InChI=1S/C9H12N2O2S/c1-6-5-7(2)11-9(10-6)14-4-3-8(12)13/h5H,3-4H2,1-2H3,(H,12,13). The van der Waals surface area contributed by atoms with Crippen molar-refractivity contribution >= 4 is 17.7 Å². The highest BCUT2D eigenvalue weighted by Crippen LogP contribution is 2.14. The van der Waals surface area contributed by atoms with Gasteiger partial charge in [0.05, 0.1) is 6.42 Å². The van der Waals surface area contributed by atoms with Crippen molar-refractivity contribution in [1.29, 1.82) is 0 Å². The fourth-order valence-corrected chi connectivity index (χ4v) is 1.86. The van der Waals surface area contributed by atoms with Crippen LogP contribution in [0.1, 0.15) is 17.8 Å². The van der Waals surface area contributed by atoms with Gasteiger partial charge in [0.25, 0.3) is 0 Å². The normalized spacial score (nSPS) is 10.1. The number of rotatable bonds is 4. The largest absolute Gasteiger partial charge is 0.481 e. The zero-order valence-corrected chi connectivity index (χ0v) is 8.97. The van der Waals surface area contributed by atoms with E-state index in [1.54, 1.807) is 0 Å². The zero-order chi connectivity index (χ0) is 10.6. The van der Waals surface area contributed by atoms with Gasteiger partial charge in [-0.2, -0.15) is 0 Å². The molecule has 0 fully saturated rings. The summed E-state index contributed by atoms with van der Waals surface area (Å²) < 4.78 is 0. The first-order valence-corrected chi connectivity index (χ1v) is 5.23. The maximum absolute atomic E-state index is 10.3. The predicted molar refractivity (Wildman–Crippen MR) is 54.5 cm³/mol. The Morgan fingerprint density at radius 2 is 2.00 bits per heavy atom. The quantitative estimate of drug-likeness (QED) is 0.607. The highest BCUT2D eigenvalue weighted by Gasteiger charge is 2.02. The SMILES string of the molecule is Cc1cc(C)nc(SCCC(=O)O)n1. The third-order valence-electron chi connectivity index (χ3n) is 1.51. The molecule has 0 aliphatic carbocycles. The Morgan fingerprint density at radius 3 is 2.50 bits per heavy atom. The van der Waals surface area contributed by atoms with Crippen LogP contribution in [0.25, 0.3) is 0 Å². The van der Waals surface area contributed by atoms with Crippen LogP contribution < -0.4 is 0 Å². The van der Waals surface area contributed by atoms with Crippen molar-refractivity contribution in [3.63, 3.8) is 0 Å². The molecular weight excluding hydrogens is 200 g/mol. The molecular formula is C9H12N2O2S. The van der Waals surface area contributed by atoms with Gasteiger partial charge < -0.3 is 5.11 Å². The van der Waals surface area contributed by atoms with Gasteiger partial charge in [-0.25, -0.2) is 9.97 Å². The summed E-state index contributed by atoms with van der Waals surface area (Å²) in [6.07, 6.45) is 0.140. The van der Waals surface area contributed by atoms with E-state index < -0.39 is 5.97 Å². The Kier molecular flexibility index (Phi) is 3.88. The molecule has 0 unspecified atom stereocenters. The average Bonchev–Trinajstić information content (AvgIpc) is 2.01. The molecule has 0 saturated heterocycles. The van der Waals surface area contributed by atoms with E-state index in [2.05, 4.69) is 9.97 Å². The summed E-state index contributed by atoms with van der Waals surface area (Å²) in [5.74, 6) is -0.278. The number of aliphatic carboxylic acids is 1. The summed E-state index contributed by atoms with van der Waals surface area (Å²) in [6, 6.07) is 1.89. The molecule has 1 rings (SSSR count). The van der Waals surface area contributed by atoms with Gasteiger partial charge in [0.15, 0.2) is 5.16 Å². The highest BCUT2D eigenvalue weighted by atomic mass is 32.2. The molecule has 4 nitrogen and oxygen atoms in total. The smallest absolute Gasteiger partial charge is 0.304 e. The van der Waals surface area contributed by atoms with Crippen molar-refractivity contribution in [3.8, 4) is 0 Å². The zero-order valence-electron chi connectivity index (χ0n) is 8.15. The van der Waals surface area contributed by atoms with E-state index in [-0.39, 0.29) is 6.42 Å². The summed E-state index contributed by atoms with van der Waals surface area (Å²) in [4.78, 5) is 18.6. The number of carboxylic acid groups (broad SMARTS) is 1. The van der Waals surface area contributed by atoms with Crippen LogP contribution in [0.4, 0.5) is 0 Å². The Bertz CT molecular complexity index is 321. The molecule has 0 radical (unpaired) electrons. The molecule has 0 amide bonds. The number of aryl methyl sites for hydroxylation is 2. The molecule has 0 atom stereocenters. The van der Waals surface area contributed by atoms with E-state index in [4.69, 9.17) is 5.11 Å². The predicted octanol–water partition coefficient (Wildman–Crippen LogP) is 1.66. The third kappa shape index (κ3) is 3.74. The lowest BCUT2D eigenvalue weighted by molar-refractivity contribution is -0.136. The number of thioether (sulfide) groups is 1. The van der Waals surface area contributed by atoms with E-state index >= 15 is 0 Å². The molecule has 0 aliphatic rings. The molecule has 1 aromatic heterocycles. The molecule has 1 heterocycles. The van der Waals surface area contributed by atoms with Gasteiger partial charge in [-0.3, -0.25) is 4.79 Å². The Balaban J connectivity index is 2.54. The third-order valence-corrected chi connectivity index (χ3v) is 2.36. The lowest BCUT2D eigenvalue weighted by atomic mass is 10.4. The van der Waals surface area contributed by atoms with Crippen molar-refractivity contribution in [1.82, 2.24) is 9.97 Å². The van der Waals surface area contributed by atoms with Crippen molar-refractivity contribution in [3.05, 3.63) is 17.5 Å². The molecule has 1 aromatic rings. The Hall–Kier alpha value is -1.10. The van der Waals surface area contributed by atoms with Gasteiger partial charge in [-0.05, 0) is 19.9 Å². The summed E-state index contributed by atoms with van der Waals surface area (Å²) in [6.45, 7) is 3.80. The number of aromatic nitrogens is 2. The van der Waals surface area contributed by atoms with Crippen molar-refractivity contribution in [2.24, 2.45) is 0 Å². The summed E-state index contributed by atoms with van der Waals surface area (Å²) in [5.41, 5.74) is 1.82. The van der Waals surface area contributed by atoms with Crippen LogP contribution in [0.2, 0.25) is 0 Å². The molecule has 0 aromatic carbocycles.